The molecule has 20 heavy (non-hydrogen) atoms. The Morgan fingerprint density at radius 1 is 1.50 bits per heavy atom. The van der Waals surface area contributed by atoms with Gasteiger partial charge in [0.2, 0.25) is 0 Å². The van der Waals surface area contributed by atoms with Crippen molar-refractivity contribution in [3.63, 3.8) is 0 Å². The summed E-state index contributed by atoms with van der Waals surface area (Å²) in [7, 11) is 1.01. The first-order chi connectivity index (χ1) is 9.60. The van der Waals surface area contributed by atoms with Crippen molar-refractivity contribution < 1.29 is 8.95 Å². The van der Waals surface area contributed by atoms with Crippen LogP contribution in [0.4, 0.5) is 0 Å². The fourth-order valence-corrected chi connectivity index (χ4v) is 3.53. The van der Waals surface area contributed by atoms with Crippen LogP contribution in [0.1, 0.15) is 43.4 Å². The number of aryl methyl sites for hydroxylation is 1. The molecule has 1 N–H and O–H groups in total. The van der Waals surface area contributed by atoms with E-state index in [-0.39, 0.29) is 0 Å². The van der Waals surface area contributed by atoms with Gasteiger partial charge >= 0.3 is 0 Å². The van der Waals surface area contributed by atoms with E-state index in [1.807, 2.05) is 6.07 Å². The maximum absolute atomic E-state index is 11.2. The van der Waals surface area contributed by atoms with E-state index in [1.54, 1.807) is 13.4 Å². The summed E-state index contributed by atoms with van der Waals surface area (Å²) < 4.78 is 16.5. The predicted octanol–water partition coefficient (Wildman–Crippen LogP) is 2.82. The Kier molecular flexibility index (Phi) is 5.61. The summed E-state index contributed by atoms with van der Waals surface area (Å²) in [6.07, 6.45) is 6.28. The Morgan fingerprint density at radius 3 is 3.00 bits per heavy atom. The average Bonchev–Trinajstić information content (AvgIpc) is 2.45. The number of ether oxygens (including phenoxy) is 1. The number of benzene rings is 1. The standard InChI is InChI=1S/C16H25NO2S/c1-12(9-10-20(3)18)17-16-6-4-5-13-7-8-14(19-2)11-15(13)16/h7-8,11-12,16-17H,4-6,9-10H2,1-3H3. The zero-order valence-electron chi connectivity index (χ0n) is 12.6. The molecule has 1 aromatic carbocycles. The van der Waals surface area contributed by atoms with Crippen LogP contribution in [0.3, 0.4) is 0 Å². The van der Waals surface area contributed by atoms with E-state index >= 15 is 0 Å². The van der Waals surface area contributed by atoms with Crippen molar-refractivity contribution in [2.45, 2.75) is 44.7 Å². The Labute approximate surface area is 124 Å². The Hall–Kier alpha value is -0.870. The summed E-state index contributed by atoms with van der Waals surface area (Å²) in [5.74, 6) is 1.70. The summed E-state index contributed by atoms with van der Waals surface area (Å²) in [4.78, 5) is 0. The minimum absolute atomic E-state index is 0.390. The second-order valence-electron chi connectivity index (χ2n) is 5.64. The van der Waals surface area contributed by atoms with Gasteiger partial charge in [-0.15, -0.1) is 0 Å². The molecule has 0 bridgehead atoms. The summed E-state index contributed by atoms with van der Waals surface area (Å²) in [6, 6.07) is 7.19. The molecule has 0 saturated carbocycles. The number of rotatable bonds is 6. The molecule has 2 rings (SSSR count). The molecule has 0 spiro atoms. The monoisotopic (exact) mass is 295 g/mol. The molecule has 0 amide bonds. The molecule has 1 aliphatic carbocycles. The van der Waals surface area contributed by atoms with Gasteiger partial charge in [-0.05, 0) is 55.9 Å². The lowest BCUT2D eigenvalue weighted by atomic mass is 9.87. The fraction of sp³-hybridized carbons (Fsp3) is 0.625. The van der Waals surface area contributed by atoms with Crippen LogP contribution in [0.15, 0.2) is 18.2 Å². The van der Waals surface area contributed by atoms with Crippen LogP contribution in [0.2, 0.25) is 0 Å². The zero-order valence-corrected chi connectivity index (χ0v) is 13.5. The largest absolute Gasteiger partial charge is 0.497 e. The molecular weight excluding hydrogens is 270 g/mol. The molecule has 0 fully saturated rings. The van der Waals surface area contributed by atoms with Crippen molar-refractivity contribution in [3.8, 4) is 5.75 Å². The van der Waals surface area contributed by atoms with E-state index in [0.717, 1.165) is 24.3 Å². The number of nitrogens with one attached hydrogen (secondary N) is 1. The van der Waals surface area contributed by atoms with Crippen molar-refractivity contribution >= 4 is 10.8 Å². The Bertz CT molecular complexity index is 476. The van der Waals surface area contributed by atoms with Gasteiger partial charge < -0.3 is 10.1 Å². The number of hydrogen-bond donors (Lipinski definition) is 1. The quantitative estimate of drug-likeness (QED) is 0.877. The van der Waals surface area contributed by atoms with Crippen LogP contribution in [-0.2, 0) is 17.2 Å². The van der Waals surface area contributed by atoms with Gasteiger partial charge in [-0.3, -0.25) is 4.21 Å². The van der Waals surface area contributed by atoms with Gasteiger partial charge in [0.1, 0.15) is 5.75 Å². The summed E-state index contributed by atoms with van der Waals surface area (Å²) >= 11 is 0. The Morgan fingerprint density at radius 2 is 2.30 bits per heavy atom. The molecule has 0 heterocycles. The lowest BCUT2D eigenvalue weighted by Gasteiger charge is -2.29. The third-order valence-electron chi connectivity index (χ3n) is 3.99. The second kappa shape index (κ2) is 7.23. The van der Waals surface area contributed by atoms with Crippen molar-refractivity contribution in [2.75, 3.05) is 19.1 Å². The highest BCUT2D eigenvalue weighted by Crippen LogP contribution is 2.32. The van der Waals surface area contributed by atoms with Gasteiger partial charge in [0, 0.05) is 34.9 Å². The highest BCUT2D eigenvalue weighted by molar-refractivity contribution is 7.84. The average molecular weight is 295 g/mol. The molecule has 4 heteroatoms. The van der Waals surface area contributed by atoms with Crippen molar-refractivity contribution in [2.24, 2.45) is 0 Å². The van der Waals surface area contributed by atoms with Crippen LogP contribution in [0.25, 0.3) is 0 Å². The number of fused-ring (bicyclic) bond motifs is 1. The minimum atomic E-state index is -0.703. The predicted molar refractivity (Wildman–Crippen MR) is 84.8 cm³/mol. The van der Waals surface area contributed by atoms with E-state index in [0.29, 0.717) is 12.1 Å². The van der Waals surface area contributed by atoms with Crippen molar-refractivity contribution in [3.05, 3.63) is 29.3 Å². The molecule has 112 valence electrons. The van der Waals surface area contributed by atoms with Gasteiger partial charge in [0.05, 0.1) is 7.11 Å². The first-order valence-electron chi connectivity index (χ1n) is 7.33. The van der Waals surface area contributed by atoms with Crippen LogP contribution >= 0.6 is 0 Å². The van der Waals surface area contributed by atoms with Crippen LogP contribution in [-0.4, -0.2) is 29.4 Å². The van der Waals surface area contributed by atoms with E-state index < -0.39 is 10.8 Å². The summed E-state index contributed by atoms with van der Waals surface area (Å²) in [6.45, 7) is 2.18. The molecule has 1 aromatic rings. The Balaban J connectivity index is 2.05. The molecule has 0 aliphatic heterocycles. The molecule has 1 aliphatic rings. The number of hydrogen-bond acceptors (Lipinski definition) is 3. The summed E-state index contributed by atoms with van der Waals surface area (Å²) in [5.41, 5.74) is 2.81. The molecule has 3 atom stereocenters. The van der Waals surface area contributed by atoms with Gasteiger partial charge in [-0.1, -0.05) is 6.07 Å². The fourth-order valence-electron chi connectivity index (χ4n) is 2.85. The lowest BCUT2D eigenvalue weighted by Crippen LogP contribution is -2.33. The smallest absolute Gasteiger partial charge is 0.119 e. The molecule has 0 aromatic heterocycles. The van der Waals surface area contributed by atoms with Crippen LogP contribution in [0, 0.1) is 0 Å². The van der Waals surface area contributed by atoms with Gasteiger partial charge in [-0.2, -0.15) is 0 Å². The SMILES string of the molecule is COc1ccc2c(c1)C(NC(C)CCS(C)=O)CCC2. The first-order valence-corrected chi connectivity index (χ1v) is 9.05. The molecule has 3 unspecified atom stereocenters. The van der Waals surface area contributed by atoms with Crippen LogP contribution in [0.5, 0.6) is 5.75 Å². The van der Waals surface area contributed by atoms with E-state index in [4.69, 9.17) is 4.74 Å². The number of methoxy groups -OCH3 is 1. The minimum Gasteiger partial charge on any atom is -0.497 e. The molecular formula is C16H25NO2S. The highest BCUT2D eigenvalue weighted by atomic mass is 32.2. The molecule has 3 nitrogen and oxygen atoms in total. The van der Waals surface area contributed by atoms with E-state index in [1.165, 1.54) is 24.0 Å². The highest BCUT2D eigenvalue weighted by Gasteiger charge is 2.22. The van der Waals surface area contributed by atoms with Gasteiger partial charge in [-0.25, -0.2) is 0 Å². The topological polar surface area (TPSA) is 38.3 Å². The maximum atomic E-state index is 11.2. The first kappa shape index (κ1) is 15.5. The van der Waals surface area contributed by atoms with Gasteiger partial charge in [0.15, 0.2) is 0 Å². The summed E-state index contributed by atoms with van der Waals surface area (Å²) in [5, 5.41) is 3.69. The third kappa shape index (κ3) is 4.06. The molecule has 0 radical (unpaired) electrons. The maximum Gasteiger partial charge on any atom is 0.119 e. The normalized spacial score (nSPS) is 21.1. The lowest BCUT2D eigenvalue weighted by molar-refractivity contribution is 0.393. The van der Waals surface area contributed by atoms with E-state index in [9.17, 15) is 4.21 Å². The zero-order chi connectivity index (χ0) is 14.5. The molecule has 0 saturated heterocycles. The third-order valence-corrected chi connectivity index (χ3v) is 4.80. The second-order valence-corrected chi connectivity index (χ2v) is 7.20. The van der Waals surface area contributed by atoms with Crippen molar-refractivity contribution in [1.29, 1.82) is 0 Å². The van der Waals surface area contributed by atoms with Crippen LogP contribution < -0.4 is 10.1 Å². The van der Waals surface area contributed by atoms with E-state index in [2.05, 4.69) is 24.4 Å². The van der Waals surface area contributed by atoms with Crippen molar-refractivity contribution in [1.82, 2.24) is 5.32 Å². The van der Waals surface area contributed by atoms with Gasteiger partial charge in [0.25, 0.3) is 0 Å².